The van der Waals surface area contributed by atoms with Gasteiger partial charge in [-0.15, -0.1) is 0 Å². The SMILES string of the molecule is OC1C=Cc2c1cc(Cl)cc2C(F)(F)F. The van der Waals surface area contributed by atoms with E-state index in [0.717, 1.165) is 6.07 Å². The van der Waals surface area contributed by atoms with Crippen LogP contribution in [-0.2, 0) is 6.18 Å². The number of alkyl halides is 3. The molecule has 1 nitrogen and oxygen atoms in total. The largest absolute Gasteiger partial charge is 0.417 e. The summed E-state index contributed by atoms with van der Waals surface area (Å²) in [6, 6.07) is 2.21. The molecule has 1 aliphatic carbocycles. The van der Waals surface area contributed by atoms with Crippen molar-refractivity contribution in [3.05, 3.63) is 39.9 Å². The van der Waals surface area contributed by atoms with Crippen molar-refractivity contribution in [3.8, 4) is 0 Å². The molecule has 0 radical (unpaired) electrons. The predicted molar refractivity (Wildman–Crippen MR) is 50.4 cm³/mol. The molecule has 1 N–H and O–H groups in total. The molecule has 80 valence electrons. The van der Waals surface area contributed by atoms with Crippen molar-refractivity contribution in [2.75, 3.05) is 0 Å². The van der Waals surface area contributed by atoms with Crippen molar-refractivity contribution in [3.63, 3.8) is 0 Å². The molecule has 15 heavy (non-hydrogen) atoms. The van der Waals surface area contributed by atoms with Gasteiger partial charge in [-0.3, -0.25) is 0 Å². The molecule has 1 aliphatic rings. The standard InChI is InChI=1S/C10H6ClF3O/c11-5-3-7-6(1-2-9(7)15)8(4-5)10(12,13)14/h1-4,9,15H. The lowest BCUT2D eigenvalue weighted by atomic mass is 10.0. The van der Waals surface area contributed by atoms with Crippen molar-refractivity contribution in [2.24, 2.45) is 0 Å². The molecule has 5 heteroatoms. The summed E-state index contributed by atoms with van der Waals surface area (Å²) in [5, 5.41) is 9.36. The zero-order chi connectivity index (χ0) is 11.2. The van der Waals surface area contributed by atoms with Crippen molar-refractivity contribution in [1.82, 2.24) is 0 Å². The predicted octanol–water partition coefficient (Wildman–Crippen LogP) is 3.42. The quantitative estimate of drug-likeness (QED) is 0.729. The van der Waals surface area contributed by atoms with Gasteiger partial charge in [0.05, 0.1) is 11.7 Å². The number of hydrogen-bond acceptors (Lipinski definition) is 1. The number of halogens is 4. The van der Waals surface area contributed by atoms with E-state index in [0.29, 0.717) is 0 Å². The van der Waals surface area contributed by atoms with E-state index < -0.39 is 17.8 Å². The molecule has 0 amide bonds. The van der Waals surface area contributed by atoms with Gasteiger partial charge in [-0.1, -0.05) is 23.8 Å². The van der Waals surface area contributed by atoms with Crippen molar-refractivity contribution < 1.29 is 18.3 Å². The van der Waals surface area contributed by atoms with Gasteiger partial charge in [0.1, 0.15) is 0 Å². The summed E-state index contributed by atoms with van der Waals surface area (Å²) in [7, 11) is 0. The minimum Gasteiger partial charge on any atom is -0.384 e. The fraction of sp³-hybridized carbons (Fsp3) is 0.200. The Morgan fingerprint density at radius 2 is 1.93 bits per heavy atom. The molecule has 2 rings (SSSR count). The molecule has 1 unspecified atom stereocenters. The van der Waals surface area contributed by atoms with Gasteiger partial charge < -0.3 is 5.11 Å². The highest BCUT2D eigenvalue weighted by Gasteiger charge is 2.36. The number of aliphatic hydroxyl groups is 1. The molecular weight excluding hydrogens is 229 g/mol. The summed E-state index contributed by atoms with van der Waals surface area (Å²) in [6.07, 6.45) is -2.89. The summed E-state index contributed by atoms with van der Waals surface area (Å²) in [6.45, 7) is 0. The van der Waals surface area contributed by atoms with Crippen LogP contribution in [0.2, 0.25) is 5.02 Å². The van der Waals surface area contributed by atoms with Crippen LogP contribution in [0.25, 0.3) is 6.08 Å². The third kappa shape index (κ3) is 1.75. The zero-order valence-corrected chi connectivity index (χ0v) is 8.10. The summed E-state index contributed by atoms with van der Waals surface area (Å²) in [4.78, 5) is 0. The van der Waals surface area contributed by atoms with Crippen LogP contribution in [0.5, 0.6) is 0 Å². The summed E-state index contributed by atoms with van der Waals surface area (Å²) < 4.78 is 37.7. The van der Waals surface area contributed by atoms with Gasteiger partial charge in [0.2, 0.25) is 0 Å². The maximum absolute atomic E-state index is 12.6. The van der Waals surface area contributed by atoms with E-state index in [2.05, 4.69) is 0 Å². The highest BCUT2D eigenvalue weighted by Crippen LogP contribution is 2.40. The smallest absolute Gasteiger partial charge is 0.384 e. The molecule has 0 spiro atoms. The lowest BCUT2D eigenvalue weighted by Gasteiger charge is -2.13. The fourth-order valence-corrected chi connectivity index (χ4v) is 1.82. The van der Waals surface area contributed by atoms with Crippen LogP contribution in [0.15, 0.2) is 18.2 Å². The van der Waals surface area contributed by atoms with Crippen molar-refractivity contribution >= 4 is 17.7 Å². The van der Waals surface area contributed by atoms with E-state index in [4.69, 9.17) is 11.6 Å². The summed E-state index contributed by atoms with van der Waals surface area (Å²) in [5.41, 5.74) is -0.605. The number of aliphatic hydroxyl groups excluding tert-OH is 1. The first kappa shape index (κ1) is 10.5. The minimum atomic E-state index is -4.45. The maximum atomic E-state index is 12.6. The van der Waals surface area contributed by atoms with E-state index in [1.54, 1.807) is 0 Å². The molecular formula is C10H6ClF3O. The summed E-state index contributed by atoms with van der Waals surface area (Å²) in [5.74, 6) is 0. The number of fused-ring (bicyclic) bond motifs is 1. The number of rotatable bonds is 0. The second kappa shape index (κ2) is 3.25. The highest BCUT2D eigenvalue weighted by atomic mass is 35.5. The Morgan fingerprint density at radius 1 is 1.27 bits per heavy atom. The first-order valence-electron chi connectivity index (χ1n) is 4.16. The van der Waals surface area contributed by atoms with Crippen LogP contribution in [0.4, 0.5) is 13.2 Å². The average molecular weight is 235 g/mol. The molecule has 1 atom stereocenters. The molecule has 1 aromatic rings. The molecule has 1 aromatic carbocycles. The Bertz CT molecular complexity index is 437. The lowest BCUT2D eigenvalue weighted by molar-refractivity contribution is -0.137. The monoisotopic (exact) mass is 234 g/mol. The molecule has 0 saturated carbocycles. The third-order valence-electron chi connectivity index (χ3n) is 2.25. The molecule has 0 fully saturated rings. The number of benzene rings is 1. The fourth-order valence-electron chi connectivity index (χ4n) is 1.60. The lowest BCUT2D eigenvalue weighted by Crippen LogP contribution is -2.08. The topological polar surface area (TPSA) is 20.2 Å². The van der Waals surface area contributed by atoms with E-state index in [1.807, 2.05) is 0 Å². The Labute approximate surface area is 88.8 Å². The van der Waals surface area contributed by atoms with Gasteiger partial charge in [0, 0.05) is 5.02 Å². The van der Waals surface area contributed by atoms with E-state index in [-0.39, 0.29) is 16.1 Å². The Morgan fingerprint density at radius 3 is 2.53 bits per heavy atom. The zero-order valence-electron chi connectivity index (χ0n) is 7.35. The van der Waals surface area contributed by atoms with Crippen LogP contribution in [0, 0.1) is 0 Å². The van der Waals surface area contributed by atoms with Crippen LogP contribution in [0.1, 0.15) is 22.8 Å². The highest BCUT2D eigenvalue weighted by molar-refractivity contribution is 6.30. The van der Waals surface area contributed by atoms with Crippen molar-refractivity contribution in [1.29, 1.82) is 0 Å². The van der Waals surface area contributed by atoms with E-state index >= 15 is 0 Å². The van der Waals surface area contributed by atoms with Gasteiger partial charge in [0.25, 0.3) is 0 Å². The Hall–Kier alpha value is -1.00. The normalized spacial score (nSPS) is 19.4. The molecule has 0 heterocycles. The minimum absolute atomic E-state index is 0.000556. The average Bonchev–Trinajstić information content (AvgIpc) is 2.45. The maximum Gasteiger partial charge on any atom is 0.417 e. The Kier molecular flexibility index (Phi) is 2.28. The van der Waals surface area contributed by atoms with Crippen LogP contribution >= 0.6 is 11.6 Å². The van der Waals surface area contributed by atoms with Crippen LogP contribution < -0.4 is 0 Å². The third-order valence-corrected chi connectivity index (χ3v) is 2.46. The molecule has 0 aliphatic heterocycles. The van der Waals surface area contributed by atoms with Gasteiger partial charge in [0.15, 0.2) is 0 Å². The Balaban J connectivity index is 2.67. The molecule has 0 bridgehead atoms. The molecule has 0 saturated heterocycles. The number of hydrogen-bond donors (Lipinski definition) is 1. The van der Waals surface area contributed by atoms with E-state index in [1.165, 1.54) is 18.2 Å². The molecule has 0 aromatic heterocycles. The van der Waals surface area contributed by atoms with Crippen molar-refractivity contribution in [2.45, 2.75) is 12.3 Å². The van der Waals surface area contributed by atoms with E-state index in [9.17, 15) is 18.3 Å². The van der Waals surface area contributed by atoms with Crippen LogP contribution in [0.3, 0.4) is 0 Å². The second-order valence-electron chi connectivity index (χ2n) is 3.26. The first-order valence-corrected chi connectivity index (χ1v) is 4.54. The first-order chi connectivity index (χ1) is 6.89. The summed E-state index contributed by atoms with van der Waals surface area (Å²) >= 11 is 5.56. The van der Waals surface area contributed by atoms with Gasteiger partial charge in [-0.25, -0.2) is 0 Å². The van der Waals surface area contributed by atoms with Gasteiger partial charge in [-0.2, -0.15) is 13.2 Å². The van der Waals surface area contributed by atoms with Crippen LogP contribution in [-0.4, -0.2) is 5.11 Å². The van der Waals surface area contributed by atoms with Gasteiger partial charge >= 0.3 is 6.18 Å². The second-order valence-corrected chi connectivity index (χ2v) is 3.69. The van der Waals surface area contributed by atoms with Gasteiger partial charge in [-0.05, 0) is 23.3 Å².